The molecule has 1 amide bonds. The number of hydrogen-bond donors (Lipinski definition) is 1. The zero-order chi connectivity index (χ0) is 17.9. The van der Waals surface area contributed by atoms with E-state index in [2.05, 4.69) is 12.1 Å². The van der Waals surface area contributed by atoms with Gasteiger partial charge in [-0.3, -0.25) is 9.59 Å². The monoisotopic (exact) mass is 347 g/mol. The van der Waals surface area contributed by atoms with Gasteiger partial charge in [-0.15, -0.1) is 0 Å². The van der Waals surface area contributed by atoms with Crippen LogP contribution in [0.5, 0.6) is 0 Å². The summed E-state index contributed by atoms with van der Waals surface area (Å²) in [7, 11) is 0. The second kappa shape index (κ2) is 10.9. The van der Waals surface area contributed by atoms with Crippen molar-refractivity contribution in [1.29, 1.82) is 0 Å². The number of carbonyl (C=O) groups is 2. The van der Waals surface area contributed by atoms with Crippen LogP contribution in [0.1, 0.15) is 44.1 Å². The summed E-state index contributed by atoms with van der Waals surface area (Å²) in [4.78, 5) is 24.9. The van der Waals surface area contributed by atoms with E-state index in [1.54, 1.807) is 0 Å². The average Bonchev–Trinajstić information content (AvgIpc) is 2.63. The molecule has 0 radical (unpaired) electrons. The van der Waals surface area contributed by atoms with Crippen LogP contribution in [0.25, 0.3) is 0 Å². The summed E-state index contributed by atoms with van der Waals surface area (Å²) in [6, 6.07) is 10.2. The number of carboxylic acids is 1. The summed E-state index contributed by atoms with van der Waals surface area (Å²) in [5.41, 5.74) is 1.26. The van der Waals surface area contributed by atoms with E-state index in [4.69, 9.17) is 9.84 Å². The first-order chi connectivity index (χ1) is 12.1. The predicted molar refractivity (Wildman–Crippen MR) is 96.4 cm³/mol. The van der Waals surface area contributed by atoms with Crippen LogP contribution in [0, 0.1) is 5.92 Å². The minimum Gasteiger partial charge on any atom is -0.481 e. The van der Waals surface area contributed by atoms with Crippen molar-refractivity contribution in [2.24, 2.45) is 5.92 Å². The lowest BCUT2D eigenvalue weighted by molar-refractivity contribution is -0.137. The van der Waals surface area contributed by atoms with Crippen LogP contribution in [0.2, 0.25) is 0 Å². The van der Waals surface area contributed by atoms with Crippen LogP contribution in [0.3, 0.4) is 0 Å². The molecule has 5 nitrogen and oxygen atoms in total. The molecule has 1 aromatic carbocycles. The smallest absolute Gasteiger partial charge is 0.303 e. The van der Waals surface area contributed by atoms with E-state index in [0.717, 1.165) is 32.2 Å². The van der Waals surface area contributed by atoms with E-state index in [1.807, 2.05) is 23.1 Å². The largest absolute Gasteiger partial charge is 0.481 e. The van der Waals surface area contributed by atoms with Crippen molar-refractivity contribution >= 4 is 11.9 Å². The Balaban J connectivity index is 1.56. The van der Waals surface area contributed by atoms with Crippen molar-refractivity contribution in [1.82, 2.24) is 4.90 Å². The van der Waals surface area contributed by atoms with Crippen molar-refractivity contribution in [3.63, 3.8) is 0 Å². The van der Waals surface area contributed by atoms with Crippen molar-refractivity contribution < 1.29 is 19.4 Å². The number of rotatable bonds is 10. The number of nitrogens with zero attached hydrogens (tertiary/aromatic N) is 1. The Morgan fingerprint density at radius 3 is 2.72 bits per heavy atom. The SMILES string of the molecule is O=C(O)CCC1CCCN(C(=O)CCCOCCc2ccccc2)C1. The quantitative estimate of drug-likeness (QED) is 0.660. The van der Waals surface area contributed by atoms with Crippen LogP contribution >= 0.6 is 0 Å². The molecule has 1 aromatic rings. The third kappa shape index (κ3) is 7.69. The molecular formula is C20H29NO4. The average molecular weight is 347 g/mol. The van der Waals surface area contributed by atoms with E-state index < -0.39 is 5.97 Å². The Kier molecular flexibility index (Phi) is 8.46. The summed E-state index contributed by atoms with van der Waals surface area (Å²) in [6.07, 6.45) is 5.01. The van der Waals surface area contributed by atoms with Crippen molar-refractivity contribution in [3.8, 4) is 0 Å². The van der Waals surface area contributed by atoms with Gasteiger partial charge >= 0.3 is 5.97 Å². The number of carbonyl (C=O) groups excluding carboxylic acids is 1. The number of benzene rings is 1. The van der Waals surface area contributed by atoms with Gasteiger partial charge in [-0.05, 0) is 43.6 Å². The fraction of sp³-hybridized carbons (Fsp3) is 0.600. The maximum absolute atomic E-state index is 12.3. The molecule has 0 spiro atoms. The van der Waals surface area contributed by atoms with Gasteiger partial charge in [-0.2, -0.15) is 0 Å². The van der Waals surface area contributed by atoms with E-state index in [1.165, 1.54) is 5.56 Å². The Hall–Kier alpha value is -1.88. The molecule has 1 aliphatic heterocycles. The summed E-state index contributed by atoms with van der Waals surface area (Å²) in [5, 5.41) is 8.78. The third-order valence-electron chi connectivity index (χ3n) is 4.70. The van der Waals surface area contributed by atoms with Gasteiger partial charge in [-0.25, -0.2) is 0 Å². The maximum Gasteiger partial charge on any atom is 0.303 e. The number of carboxylic acid groups (broad SMARTS) is 1. The molecule has 25 heavy (non-hydrogen) atoms. The van der Waals surface area contributed by atoms with Gasteiger partial charge in [-0.1, -0.05) is 30.3 Å². The molecule has 0 aliphatic carbocycles. The number of amides is 1. The Morgan fingerprint density at radius 1 is 1.16 bits per heavy atom. The third-order valence-corrected chi connectivity index (χ3v) is 4.70. The minimum absolute atomic E-state index is 0.173. The summed E-state index contributed by atoms with van der Waals surface area (Å²) >= 11 is 0. The second-order valence-corrected chi connectivity index (χ2v) is 6.73. The highest BCUT2D eigenvalue weighted by Gasteiger charge is 2.23. The van der Waals surface area contributed by atoms with E-state index in [0.29, 0.717) is 38.5 Å². The fourth-order valence-electron chi connectivity index (χ4n) is 3.28. The number of piperidine rings is 1. The highest BCUT2D eigenvalue weighted by Crippen LogP contribution is 2.21. The zero-order valence-electron chi connectivity index (χ0n) is 14.9. The highest BCUT2D eigenvalue weighted by molar-refractivity contribution is 5.76. The first-order valence-electron chi connectivity index (χ1n) is 9.26. The van der Waals surface area contributed by atoms with Crippen LogP contribution in [-0.2, 0) is 20.7 Å². The molecule has 138 valence electrons. The lowest BCUT2D eigenvalue weighted by Crippen LogP contribution is -2.40. The van der Waals surface area contributed by atoms with Gasteiger partial charge in [0.05, 0.1) is 6.61 Å². The van der Waals surface area contributed by atoms with Gasteiger partial charge in [0.15, 0.2) is 0 Å². The topological polar surface area (TPSA) is 66.8 Å². The molecule has 1 unspecified atom stereocenters. The highest BCUT2D eigenvalue weighted by atomic mass is 16.5. The van der Waals surface area contributed by atoms with Crippen molar-refractivity contribution in [2.45, 2.75) is 44.9 Å². The Labute approximate surface area is 150 Å². The normalized spacial score (nSPS) is 17.4. The van der Waals surface area contributed by atoms with Gasteiger partial charge in [0.2, 0.25) is 5.91 Å². The van der Waals surface area contributed by atoms with Gasteiger partial charge in [0.25, 0.3) is 0 Å². The summed E-state index contributed by atoms with van der Waals surface area (Å²) < 4.78 is 5.63. The van der Waals surface area contributed by atoms with Crippen LogP contribution < -0.4 is 0 Å². The number of hydrogen-bond acceptors (Lipinski definition) is 3. The first kappa shape index (κ1) is 19.4. The Morgan fingerprint density at radius 2 is 1.96 bits per heavy atom. The molecule has 0 bridgehead atoms. The van der Waals surface area contributed by atoms with Crippen molar-refractivity contribution in [3.05, 3.63) is 35.9 Å². The molecule has 2 rings (SSSR count). The molecule has 1 heterocycles. The summed E-state index contributed by atoms with van der Waals surface area (Å²) in [5.74, 6) is -0.251. The first-order valence-corrected chi connectivity index (χ1v) is 9.26. The maximum atomic E-state index is 12.3. The van der Waals surface area contributed by atoms with E-state index in [9.17, 15) is 9.59 Å². The molecule has 1 atom stereocenters. The number of ether oxygens (including phenoxy) is 1. The lowest BCUT2D eigenvalue weighted by atomic mass is 9.93. The van der Waals surface area contributed by atoms with Crippen molar-refractivity contribution in [2.75, 3.05) is 26.3 Å². The molecular weight excluding hydrogens is 318 g/mol. The lowest BCUT2D eigenvalue weighted by Gasteiger charge is -2.32. The Bertz CT molecular complexity index is 532. The van der Waals surface area contributed by atoms with Crippen LogP contribution in [-0.4, -0.2) is 48.2 Å². The van der Waals surface area contributed by atoms with Crippen LogP contribution in [0.15, 0.2) is 30.3 Å². The van der Waals surface area contributed by atoms with Gasteiger partial charge in [0.1, 0.15) is 0 Å². The standard InChI is InChI=1S/C20H29NO4/c22-19(21-13-4-8-18(16-21)10-11-20(23)24)9-5-14-25-15-12-17-6-2-1-3-7-17/h1-3,6-7,18H,4-5,8-16H2,(H,23,24). The minimum atomic E-state index is -0.754. The van der Waals surface area contributed by atoms with E-state index in [-0.39, 0.29) is 12.3 Å². The molecule has 0 saturated carbocycles. The molecule has 1 aliphatic rings. The fourth-order valence-corrected chi connectivity index (χ4v) is 3.28. The number of aliphatic carboxylic acids is 1. The second-order valence-electron chi connectivity index (χ2n) is 6.73. The van der Waals surface area contributed by atoms with E-state index >= 15 is 0 Å². The van der Waals surface area contributed by atoms with Gasteiger partial charge in [0, 0.05) is 32.5 Å². The molecule has 1 N–H and O–H groups in total. The molecule has 1 fully saturated rings. The molecule has 0 aromatic heterocycles. The number of likely N-dealkylation sites (tertiary alicyclic amines) is 1. The predicted octanol–water partition coefficient (Wildman–Crippen LogP) is 3.13. The summed E-state index contributed by atoms with van der Waals surface area (Å²) in [6.45, 7) is 2.80. The van der Waals surface area contributed by atoms with Crippen LogP contribution in [0.4, 0.5) is 0 Å². The molecule has 1 saturated heterocycles. The van der Waals surface area contributed by atoms with Gasteiger partial charge < -0.3 is 14.7 Å². The molecule has 5 heteroatoms. The zero-order valence-corrected chi connectivity index (χ0v) is 14.9.